The van der Waals surface area contributed by atoms with E-state index in [0.717, 1.165) is 25.4 Å². The fourth-order valence-corrected chi connectivity index (χ4v) is 2.92. The lowest BCUT2D eigenvalue weighted by Crippen LogP contribution is -2.49. The van der Waals surface area contributed by atoms with E-state index in [0.29, 0.717) is 6.04 Å². The Balaban J connectivity index is 2.49. The van der Waals surface area contributed by atoms with Crippen molar-refractivity contribution in [2.24, 2.45) is 5.92 Å². The lowest BCUT2D eigenvalue weighted by Gasteiger charge is -2.35. The summed E-state index contributed by atoms with van der Waals surface area (Å²) in [6, 6.07) is 0.409. The van der Waals surface area contributed by atoms with Crippen molar-refractivity contribution in [3.8, 4) is 0 Å². The van der Waals surface area contributed by atoms with Crippen LogP contribution in [-0.2, 0) is 9.53 Å². The van der Waals surface area contributed by atoms with Gasteiger partial charge in [0.05, 0.1) is 7.11 Å². The molecule has 0 amide bonds. The first kappa shape index (κ1) is 16.4. The van der Waals surface area contributed by atoms with Crippen LogP contribution in [0.1, 0.15) is 46.0 Å². The maximum atomic E-state index is 11.8. The first-order valence-electron chi connectivity index (χ1n) is 7.59. The van der Waals surface area contributed by atoms with Crippen LogP contribution in [0.4, 0.5) is 0 Å². The molecule has 1 N–H and O–H groups in total. The van der Waals surface area contributed by atoms with E-state index in [1.165, 1.54) is 32.8 Å². The molecule has 0 aromatic rings. The zero-order valence-corrected chi connectivity index (χ0v) is 12.9. The number of carbonyl (C=O) groups excluding carboxylic acids is 1. The van der Waals surface area contributed by atoms with Crippen LogP contribution in [0.15, 0.2) is 0 Å². The molecular formula is C15H30N2O2. The number of hydrogen-bond donors (Lipinski definition) is 1. The third kappa shape index (κ3) is 5.49. The van der Waals surface area contributed by atoms with Crippen molar-refractivity contribution in [1.82, 2.24) is 10.2 Å². The summed E-state index contributed by atoms with van der Waals surface area (Å²) in [5.41, 5.74) is 0. The molecule has 0 bridgehead atoms. The summed E-state index contributed by atoms with van der Waals surface area (Å²) in [6.45, 7) is 6.03. The molecule has 0 saturated heterocycles. The van der Waals surface area contributed by atoms with E-state index in [1.807, 2.05) is 0 Å². The largest absolute Gasteiger partial charge is 0.468 e. The minimum Gasteiger partial charge on any atom is -0.468 e. The van der Waals surface area contributed by atoms with Crippen LogP contribution in [0.2, 0.25) is 0 Å². The number of esters is 1. The second-order valence-corrected chi connectivity index (χ2v) is 5.90. The molecule has 0 aromatic heterocycles. The molecule has 19 heavy (non-hydrogen) atoms. The van der Waals surface area contributed by atoms with Gasteiger partial charge < -0.3 is 15.0 Å². The van der Waals surface area contributed by atoms with E-state index < -0.39 is 0 Å². The average Bonchev–Trinajstić information content (AvgIpc) is 2.42. The third-order valence-electron chi connectivity index (χ3n) is 4.13. The molecule has 0 aromatic carbocycles. The van der Waals surface area contributed by atoms with Crippen molar-refractivity contribution >= 4 is 5.97 Å². The van der Waals surface area contributed by atoms with Gasteiger partial charge in [0.2, 0.25) is 0 Å². The van der Waals surface area contributed by atoms with Gasteiger partial charge in [-0.3, -0.25) is 4.79 Å². The summed E-state index contributed by atoms with van der Waals surface area (Å²) in [4.78, 5) is 14.1. The fraction of sp³-hybridized carbons (Fsp3) is 0.933. The van der Waals surface area contributed by atoms with Crippen LogP contribution in [-0.4, -0.2) is 50.2 Å². The van der Waals surface area contributed by atoms with Gasteiger partial charge in [-0.2, -0.15) is 0 Å². The van der Waals surface area contributed by atoms with Gasteiger partial charge in [0, 0.05) is 12.6 Å². The molecule has 0 spiro atoms. The number of methoxy groups -OCH3 is 1. The Morgan fingerprint density at radius 3 is 2.79 bits per heavy atom. The molecule has 3 unspecified atom stereocenters. The van der Waals surface area contributed by atoms with Crippen LogP contribution in [0.25, 0.3) is 0 Å². The van der Waals surface area contributed by atoms with E-state index >= 15 is 0 Å². The number of likely N-dealkylation sites (N-methyl/N-ethyl adjacent to an activating group) is 1. The Morgan fingerprint density at radius 1 is 1.47 bits per heavy atom. The Kier molecular flexibility index (Phi) is 7.39. The lowest BCUT2D eigenvalue weighted by atomic mass is 9.86. The van der Waals surface area contributed by atoms with Gasteiger partial charge in [-0.15, -0.1) is 0 Å². The van der Waals surface area contributed by atoms with Gasteiger partial charge in [-0.1, -0.05) is 26.7 Å². The molecule has 1 aliphatic carbocycles. The van der Waals surface area contributed by atoms with Crippen LogP contribution in [0.5, 0.6) is 0 Å². The number of hydrogen-bond acceptors (Lipinski definition) is 4. The number of carbonyl (C=O) groups is 1. The Hall–Kier alpha value is -0.610. The summed E-state index contributed by atoms with van der Waals surface area (Å²) in [5, 5.41) is 3.29. The van der Waals surface area contributed by atoms with Gasteiger partial charge in [0.1, 0.15) is 6.04 Å². The molecule has 4 nitrogen and oxygen atoms in total. The van der Waals surface area contributed by atoms with Crippen LogP contribution in [0.3, 0.4) is 0 Å². The summed E-state index contributed by atoms with van der Waals surface area (Å²) in [5.74, 6) is 0.658. The number of nitrogens with one attached hydrogen (secondary N) is 1. The molecule has 1 saturated carbocycles. The lowest BCUT2D eigenvalue weighted by molar-refractivity contribution is -0.143. The fourth-order valence-electron chi connectivity index (χ4n) is 2.92. The van der Waals surface area contributed by atoms with Gasteiger partial charge >= 0.3 is 5.97 Å². The molecular weight excluding hydrogens is 240 g/mol. The van der Waals surface area contributed by atoms with Gasteiger partial charge in [0.25, 0.3) is 0 Å². The monoisotopic (exact) mass is 270 g/mol. The standard InChI is InChI=1S/C15H30N2O2/c1-5-9-16-14(15(18)19-4)11-17(3)13-8-6-7-12(2)10-13/h12-14,16H,5-11H2,1-4H3. The van der Waals surface area contributed by atoms with Crippen molar-refractivity contribution in [2.75, 3.05) is 27.2 Å². The predicted molar refractivity (Wildman–Crippen MR) is 78.1 cm³/mol. The van der Waals surface area contributed by atoms with Crippen LogP contribution in [0, 0.1) is 5.92 Å². The van der Waals surface area contributed by atoms with E-state index in [-0.39, 0.29) is 12.0 Å². The van der Waals surface area contributed by atoms with E-state index in [4.69, 9.17) is 4.74 Å². The van der Waals surface area contributed by atoms with Crippen molar-refractivity contribution < 1.29 is 9.53 Å². The quantitative estimate of drug-likeness (QED) is 0.719. The zero-order valence-electron chi connectivity index (χ0n) is 12.9. The topological polar surface area (TPSA) is 41.6 Å². The third-order valence-corrected chi connectivity index (χ3v) is 4.13. The minimum atomic E-state index is -0.202. The van der Waals surface area contributed by atoms with Crippen LogP contribution < -0.4 is 5.32 Å². The highest BCUT2D eigenvalue weighted by atomic mass is 16.5. The van der Waals surface area contributed by atoms with E-state index in [9.17, 15) is 4.79 Å². The normalized spacial score (nSPS) is 25.3. The van der Waals surface area contributed by atoms with Crippen molar-refractivity contribution in [3.05, 3.63) is 0 Å². The summed E-state index contributed by atoms with van der Waals surface area (Å²) in [7, 11) is 3.60. The van der Waals surface area contributed by atoms with Gasteiger partial charge in [-0.05, 0) is 38.8 Å². The Morgan fingerprint density at radius 2 is 2.21 bits per heavy atom. The molecule has 1 rings (SSSR count). The Bertz CT molecular complexity index is 271. The highest BCUT2D eigenvalue weighted by molar-refractivity contribution is 5.75. The van der Waals surface area contributed by atoms with Crippen molar-refractivity contribution in [2.45, 2.75) is 58.0 Å². The predicted octanol–water partition coefficient (Wildman–Crippen LogP) is 2.04. The number of ether oxygens (including phenoxy) is 1. The first-order chi connectivity index (χ1) is 9.08. The van der Waals surface area contributed by atoms with Crippen LogP contribution >= 0.6 is 0 Å². The number of rotatable bonds is 7. The molecule has 1 fully saturated rings. The molecule has 3 atom stereocenters. The Labute approximate surface area is 117 Å². The smallest absolute Gasteiger partial charge is 0.324 e. The highest BCUT2D eigenvalue weighted by Gasteiger charge is 2.26. The van der Waals surface area contributed by atoms with Crippen molar-refractivity contribution in [3.63, 3.8) is 0 Å². The van der Waals surface area contributed by atoms with Crippen molar-refractivity contribution in [1.29, 1.82) is 0 Å². The van der Waals surface area contributed by atoms with Gasteiger partial charge in [-0.25, -0.2) is 0 Å². The zero-order chi connectivity index (χ0) is 14.3. The summed E-state index contributed by atoms with van der Waals surface area (Å²) in [6.07, 6.45) is 6.18. The summed E-state index contributed by atoms with van der Waals surface area (Å²) >= 11 is 0. The van der Waals surface area contributed by atoms with E-state index in [2.05, 4.69) is 31.1 Å². The van der Waals surface area contributed by atoms with Gasteiger partial charge in [0.15, 0.2) is 0 Å². The van der Waals surface area contributed by atoms with E-state index in [1.54, 1.807) is 0 Å². The maximum absolute atomic E-state index is 11.8. The first-order valence-corrected chi connectivity index (χ1v) is 7.59. The second kappa shape index (κ2) is 8.54. The number of nitrogens with zero attached hydrogens (tertiary/aromatic N) is 1. The molecule has 112 valence electrons. The maximum Gasteiger partial charge on any atom is 0.324 e. The highest BCUT2D eigenvalue weighted by Crippen LogP contribution is 2.26. The second-order valence-electron chi connectivity index (χ2n) is 5.90. The molecule has 0 radical (unpaired) electrons. The minimum absolute atomic E-state index is 0.149. The SMILES string of the molecule is CCCNC(CN(C)C1CCCC(C)C1)C(=O)OC. The molecule has 0 heterocycles. The molecule has 0 aliphatic heterocycles. The molecule has 4 heteroatoms. The molecule has 1 aliphatic rings. The average molecular weight is 270 g/mol. The summed E-state index contributed by atoms with van der Waals surface area (Å²) < 4.78 is 4.89.